The van der Waals surface area contributed by atoms with Crippen molar-refractivity contribution >= 4 is 23.2 Å². The number of hydrogen-bond acceptors (Lipinski definition) is 4. The van der Waals surface area contributed by atoms with Crippen LogP contribution in [0.15, 0.2) is 85.1 Å². The Hall–Kier alpha value is -3.51. The van der Waals surface area contributed by atoms with E-state index in [1.807, 2.05) is 83.8 Å². The molecule has 2 N–H and O–H groups in total. The Labute approximate surface area is 182 Å². The van der Waals surface area contributed by atoms with Gasteiger partial charge >= 0.3 is 0 Å². The first-order valence-corrected chi connectivity index (χ1v) is 10.5. The molecule has 0 unspecified atom stereocenters. The molecule has 2 aromatic carbocycles. The minimum atomic E-state index is -0.885. The number of primary amides is 1. The number of piperidine rings is 1. The lowest BCUT2D eigenvalue weighted by Gasteiger charge is -2.40. The van der Waals surface area contributed by atoms with E-state index in [0.29, 0.717) is 18.7 Å². The van der Waals surface area contributed by atoms with Crippen LogP contribution >= 0.6 is 0 Å². The van der Waals surface area contributed by atoms with Gasteiger partial charge in [-0.25, -0.2) is 0 Å². The molecule has 1 aliphatic rings. The first-order chi connectivity index (χ1) is 15.1. The second-order valence-electron chi connectivity index (χ2n) is 7.88. The number of anilines is 2. The molecule has 0 bridgehead atoms. The fraction of sp³-hybridized carbons (Fsp3) is 0.240. The Kier molecular flexibility index (Phi) is 6.09. The van der Waals surface area contributed by atoms with Crippen molar-refractivity contribution in [2.75, 3.05) is 24.5 Å². The van der Waals surface area contributed by atoms with E-state index in [4.69, 9.17) is 5.73 Å². The second-order valence-corrected chi connectivity index (χ2v) is 7.88. The van der Waals surface area contributed by atoms with Gasteiger partial charge in [-0.15, -0.1) is 0 Å². The summed E-state index contributed by atoms with van der Waals surface area (Å²) in [5, 5.41) is 0. The van der Waals surface area contributed by atoms with Crippen LogP contribution in [-0.4, -0.2) is 41.3 Å². The summed E-state index contributed by atoms with van der Waals surface area (Å²) in [7, 11) is 0. The monoisotopic (exact) mass is 414 g/mol. The van der Waals surface area contributed by atoms with E-state index in [1.165, 1.54) is 0 Å². The number of amides is 2. The van der Waals surface area contributed by atoms with Gasteiger partial charge in [-0.1, -0.05) is 42.5 Å². The molecule has 1 atom stereocenters. The van der Waals surface area contributed by atoms with Crippen molar-refractivity contribution in [3.63, 3.8) is 0 Å². The number of benzene rings is 2. The Bertz CT molecular complexity index is 988. The third kappa shape index (κ3) is 4.34. The maximum Gasteiger partial charge on any atom is 0.245 e. The fourth-order valence-electron chi connectivity index (χ4n) is 4.31. The molecule has 0 spiro atoms. The van der Waals surface area contributed by atoms with Gasteiger partial charge in [0.2, 0.25) is 11.8 Å². The van der Waals surface area contributed by atoms with Gasteiger partial charge in [-0.2, -0.15) is 0 Å². The molecule has 2 heterocycles. The standard InChI is InChI=1S/C25H26N4O2/c26-24(31)25(22-14-7-8-16-27-22)15-9-17-28(19-25)18-23(30)29(20-10-3-1-4-11-20)21-12-5-2-6-13-21/h1-8,10-14,16H,9,15,17-19H2,(H2,26,31)/t25-/m1/s1. The Morgan fingerprint density at radius 3 is 2.10 bits per heavy atom. The van der Waals surface area contributed by atoms with E-state index >= 15 is 0 Å². The summed E-state index contributed by atoms with van der Waals surface area (Å²) in [6.07, 6.45) is 3.07. The van der Waals surface area contributed by atoms with Crippen molar-refractivity contribution in [3.05, 3.63) is 90.8 Å². The molecule has 1 aliphatic heterocycles. The Balaban J connectivity index is 1.60. The highest BCUT2D eigenvalue weighted by Gasteiger charge is 2.44. The highest BCUT2D eigenvalue weighted by molar-refractivity contribution is 6.01. The summed E-state index contributed by atoms with van der Waals surface area (Å²) in [5.41, 5.74) is 7.27. The second kappa shape index (κ2) is 9.10. The van der Waals surface area contributed by atoms with E-state index in [-0.39, 0.29) is 12.5 Å². The molecule has 0 radical (unpaired) electrons. The lowest BCUT2D eigenvalue weighted by molar-refractivity contribution is -0.127. The predicted octanol–water partition coefficient (Wildman–Crippen LogP) is 3.27. The van der Waals surface area contributed by atoms with Gasteiger partial charge in [-0.05, 0) is 55.8 Å². The topological polar surface area (TPSA) is 79.5 Å². The van der Waals surface area contributed by atoms with Gasteiger partial charge < -0.3 is 5.73 Å². The van der Waals surface area contributed by atoms with Crippen LogP contribution in [0.2, 0.25) is 0 Å². The van der Waals surface area contributed by atoms with E-state index < -0.39 is 11.3 Å². The quantitative estimate of drug-likeness (QED) is 0.671. The van der Waals surface area contributed by atoms with Crippen molar-refractivity contribution in [2.24, 2.45) is 5.73 Å². The van der Waals surface area contributed by atoms with Crippen LogP contribution in [0, 0.1) is 0 Å². The molecule has 1 fully saturated rings. The summed E-state index contributed by atoms with van der Waals surface area (Å²) < 4.78 is 0. The summed E-state index contributed by atoms with van der Waals surface area (Å²) >= 11 is 0. The van der Waals surface area contributed by atoms with E-state index in [2.05, 4.69) is 4.98 Å². The zero-order valence-electron chi connectivity index (χ0n) is 17.4. The number of nitrogens with two attached hydrogens (primary N) is 1. The number of pyridine rings is 1. The lowest BCUT2D eigenvalue weighted by Crippen LogP contribution is -2.55. The third-order valence-electron chi connectivity index (χ3n) is 5.84. The normalized spacial score (nSPS) is 19.0. The summed E-state index contributed by atoms with van der Waals surface area (Å²) in [5.74, 6) is -0.454. The summed E-state index contributed by atoms with van der Waals surface area (Å²) in [6, 6.07) is 24.7. The lowest BCUT2D eigenvalue weighted by atomic mass is 9.76. The van der Waals surface area contributed by atoms with Gasteiger partial charge in [0.25, 0.3) is 0 Å². The highest BCUT2D eigenvalue weighted by Crippen LogP contribution is 2.33. The molecule has 1 saturated heterocycles. The number of rotatable bonds is 6. The first kappa shape index (κ1) is 20.8. The highest BCUT2D eigenvalue weighted by atomic mass is 16.2. The number of nitrogens with zero attached hydrogens (tertiary/aromatic N) is 3. The molecule has 31 heavy (non-hydrogen) atoms. The fourth-order valence-corrected chi connectivity index (χ4v) is 4.31. The molecule has 3 aromatic rings. The van der Waals surface area contributed by atoms with E-state index in [1.54, 1.807) is 11.1 Å². The summed E-state index contributed by atoms with van der Waals surface area (Å²) in [4.78, 5) is 34.2. The van der Waals surface area contributed by atoms with Crippen LogP contribution in [0.4, 0.5) is 11.4 Å². The van der Waals surface area contributed by atoms with E-state index in [0.717, 1.165) is 24.3 Å². The number of aromatic nitrogens is 1. The van der Waals surface area contributed by atoms with Crippen molar-refractivity contribution in [3.8, 4) is 0 Å². The van der Waals surface area contributed by atoms with Crippen LogP contribution in [0.1, 0.15) is 18.5 Å². The van der Waals surface area contributed by atoms with Gasteiger partial charge in [0.15, 0.2) is 0 Å². The molecule has 6 nitrogen and oxygen atoms in total. The molecular formula is C25H26N4O2. The zero-order valence-corrected chi connectivity index (χ0v) is 17.4. The van der Waals surface area contributed by atoms with Crippen molar-refractivity contribution in [1.29, 1.82) is 0 Å². The number of likely N-dealkylation sites (tertiary alicyclic amines) is 1. The van der Waals surface area contributed by atoms with Crippen molar-refractivity contribution < 1.29 is 9.59 Å². The number of para-hydroxylation sites is 2. The Morgan fingerprint density at radius 2 is 1.55 bits per heavy atom. The van der Waals surface area contributed by atoms with Crippen molar-refractivity contribution in [1.82, 2.24) is 9.88 Å². The minimum absolute atomic E-state index is 0.0568. The van der Waals surface area contributed by atoms with Crippen LogP contribution in [-0.2, 0) is 15.0 Å². The average molecular weight is 415 g/mol. The molecule has 2 amide bonds. The predicted molar refractivity (Wildman–Crippen MR) is 121 cm³/mol. The van der Waals surface area contributed by atoms with Gasteiger partial charge in [0.05, 0.1) is 12.2 Å². The SMILES string of the molecule is NC(=O)[C@]1(c2ccccn2)CCCN(CC(=O)N(c2ccccc2)c2ccccc2)C1. The molecule has 158 valence electrons. The Morgan fingerprint density at radius 1 is 0.935 bits per heavy atom. The average Bonchev–Trinajstić information content (AvgIpc) is 2.81. The van der Waals surface area contributed by atoms with Gasteiger partial charge in [0, 0.05) is 24.1 Å². The molecule has 4 rings (SSSR count). The first-order valence-electron chi connectivity index (χ1n) is 10.5. The smallest absolute Gasteiger partial charge is 0.245 e. The molecule has 0 aliphatic carbocycles. The number of carbonyl (C=O) groups excluding carboxylic acids is 2. The van der Waals surface area contributed by atoms with Crippen LogP contribution in [0.25, 0.3) is 0 Å². The molecular weight excluding hydrogens is 388 g/mol. The van der Waals surface area contributed by atoms with Gasteiger partial charge in [0.1, 0.15) is 5.41 Å². The molecule has 0 saturated carbocycles. The minimum Gasteiger partial charge on any atom is -0.369 e. The molecule has 1 aromatic heterocycles. The maximum atomic E-state index is 13.5. The van der Waals surface area contributed by atoms with Crippen LogP contribution in [0.3, 0.4) is 0 Å². The van der Waals surface area contributed by atoms with Crippen molar-refractivity contribution in [2.45, 2.75) is 18.3 Å². The maximum absolute atomic E-state index is 13.5. The van der Waals surface area contributed by atoms with E-state index in [9.17, 15) is 9.59 Å². The number of hydrogen-bond donors (Lipinski definition) is 1. The number of carbonyl (C=O) groups is 2. The largest absolute Gasteiger partial charge is 0.369 e. The third-order valence-corrected chi connectivity index (χ3v) is 5.84. The van der Waals surface area contributed by atoms with Crippen LogP contribution in [0.5, 0.6) is 0 Å². The van der Waals surface area contributed by atoms with Gasteiger partial charge in [-0.3, -0.25) is 24.4 Å². The zero-order chi connectivity index (χ0) is 21.7. The summed E-state index contributed by atoms with van der Waals surface area (Å²) in [6.45, 7) is 1.29. The van der Waals surface area contributed by atoms with Crippen LogP contribution < -0.4 is 10.6 Å². The molecule has 6 heteroatoms.